The van der Waals surface area contributed by atoms with E-state index in [1.54, 1.807) is 4.90 Å². The Kier molecular flexibility index (Phi) is 3.68. The fraction of sp³-hybridized carbons (Fsp3) is 0.667. The minimum atomic E-state index is -1.18. The lowest BCUT2D eigenvalue weighted by molar-refractivity contribution is -0.0221. The zero-order chi connectivity index (χ0) is 16.0. The van der Waals surface area contributed by atoms with Crippen LogP contribution in [-0.2, 0) is 4.74 Å². The van der Waals surface area contributed by atoms with Crippen molar-refractivity contribution in [2.75, 3.05) is 43.0 Å². The maximum Gasteiger partial charge on any atom is 0.244 e. The van der Waals surface area contributed by atoms with Gasteiger partial charge in [0.15, 0.2) is 12.0 Å². The molecule has 2 aliphatic rings. The predicted octanol–water partition coefficient (Wildman–Crippen LogP) is -2.28. The largest absolute Gasteiger partial charge is 0.479 e. The molecule has 1 aromatic heterocycles. The van der Waals surface area contributed by atoms with Crippen LogP contribution in [0.15, 0.2) is 0 Å². The van der Waals surface area contributed by atoms with Gasteiger partial charge in [0.1, 0.15) is 24.0 Å². The minimum Gasteiger partial charge on any atom is -0.479 e. The molecule has 0 bridgehead atoms. The summed E-state index contributed by atoms with van der Waals surface area (Å²) in [4.78, 5) is 11.7. The first kappa shape index (κ1) is 15.0. The molecule has 22 heavy (non-hydrogen) atoms. The van der Waals surface area contributed by atoms with Gasteiger partial charge in [-0.1, -0.05) is 0 Å². The van der Waals surface area contributed by atoms with E-state index in [4.69, 9.17) is 15.2 Å². The Hall–Kier alpha value is -1.88. The molecule has 1 aromatic rings. The van der Waals surface area contributed by atoms with Gasteiger partial charge in [-0.2, -0.15) is 9.97 Å². The number of nitrogen functional groups attached to an aromatic ring is 1. The Bertz CT molecular complexity index is 573. The van der Waals surface area contributed by atoms with Crippen molar-refractivity contribution in [1.82, 2.24) is 9.97 Å². The van der Waals surface area contributed by atoms with Crippen molar-refractivity contribution >= 4 is 17.5 Å². The SMILES string of the molecule is COc1nc(N)nc2c1N(C)CN2[C@@H]1O[C@H](CO)[C@@H](O)[C@H]1O. The fourth-order valence-corrected chi connectivity index (χ4v) is 2.82. The molecule has 0 unspecified atom stereocenters. The van der Waals surface area contributed by atoms with Gasteiger partial charge in [-0.3, -0.25) is 0 Å². The van der Waals surface area contributed by atoms with Crippen LogP contribution in [0.2, 0.25) is 0 Å². The first-order valence-corrected chi connectivity index (χ1v) is 6.79. The van der Waals surface area contributed by atoms with Gasteiger partial charge >= 0.3 is 0 Å². The van der Waals surface area contributed by atoms with E-state index < -0.39 is 24.5 Å². The molecular formula is C12H19N5O5. The van der Waals surface area contributed by atoms with E-state index >= 15 is 0 Å². The summed E-state index contributed by atoms with van der Waals surface area (Å²) in [5.41, 5.74) is 6.31. The Morgan fingerprint density at radius 3 is 2.68 bits per heavy atom. The molecule has 3 heterocycles. The second kappa shape index (κ2) is 5.39. The molecule has 10 heteroatoms. The Morgan fingerprint density at radius 1 is 1.36 bits per heavy atom. The van der Waals surface area contributed by atoms with Crippen molar-refractivity contribution in [3.63, 3.8) is 0 Å². The van der Waals surface area contributed by atoms with Crippen LogP contribution >= 0.6 is 0 Å². The van der Waals surface area contributed by atoms with Crippen LogP contribution in [0, 0.1) is 0 Å². The number of nitrogens with two attached hydrogens (primary N) is 1. The number of aliphatic hydroxyl groups is 3. The third kappa shape index (κ3) is 2.11. The van der Waals surface area contributed by atoms with Crippen LogP contribution < -0.4 is 20.3 Å². The normalized spacial score (nSPS) is 30.8. The minimum absolute atomic E-state index is 0.0302. The fourth-order valence-electron chi connectivity index (χ4n) is 2.82. The van der Waals surface area contributed by atoms with E-state index in [1.165, 1.54) is 7.11 Å². The van der Waals surface area contributed by atoms with Crippen LogP contribution in [0.25, 0.3) is 0 Å². The summed E-state index contributed by atoms with van der Waals surface area (Å²) in [5.74, 6) is 0.795. The molecule has 10 nitrogen and oxygen atoms in total. The maximum absolute atomic E-state index is 10.2. The van der Waals surface area contributed by atoms with Crippen LogP contribution in [0.4, 0.5) is 17.5 Å². The van der Waals surface area contributed by atoms with E-state index in [-0.39, 0.29) is 12.6 Å². The molecular weight excluding hydrogens is 294 g/mol. The third-order valence-corrected chi connectivity index (χ3v) is 3.89. The van der Waals surface area contributed by atoms with Crippen molar-refractivity contribution in [3.05, 3.63) is 0 Å². The summed E-state index contributed by atoms with van der Waals surface area (Å²) in [7, 11) is 3.28. The highest BCUT2D eigenvalue weighted by Gasteiger charge is 2.48. The highest BCUT2D eigenvalue weighted by Crippen LogP contribution is 2.43. The molecule has 122 valence electrons. The molecule has 0 aromatic carbocycles. The Balaban J connectivity index is 1.98. The number of fused-ring (bicyclic) bond motifs is 1. The molecule has 2 aliphatic heterocycles. The lowest BCUT2D eigenvalue weighted by Gasteiger charge is -2.27. The number of anilines is 3. The summed E-state index contributed by atoms with van der Waals surface area (Å²) >= 11 is 0. The van der Waals surface area contributed by atoms with E-state index in [9.17, 15) is 15.3 Å². The number of ether oxygens (including phenoxy) is 2. The molecule has 5 N–H and O–H groups in total. The molecule has 3 rings (SSSR count). The molecule has 0 aliphatic carbocycles. The maximum atomic E-state index is 10.2. The van der Waals surface area contributed by atoms with Crippen molar-refractivity contribution in [1.29, 1.82) is 0 Å². The molecule has 1 fully saturated rings. The third-order valence-electron chi connectivity index (χ3n) is 3.89. The molecule has 1 saturated heterocycles. The molecule has 4 atom stereocenters. The topological polar surface area (TPSA) is 137 Å². The summed E-state index contributed by atoms with van der Waals surface area (Å²) in [5, 5.41) is 29.3. The lowest BCUT2D eigenvalue weighted by atomic mass is 10.1. The summed E-state index contributed by atoms with van der Waals surface area (Å²) in [6.07, 6.45) is -4.06. The number of nitrogens with zero attached hydrogens (tertiary/aromatic N) is 4. The second-order valence-electron chi connectivity index (χ2n) is 5.30. The van der Waals surface area contributed by atoms with Gasteiger partial charge in [0.2, 0.25) is 11.8 Å². The van der Waals surface area contributed by atoms with Crippen LogP contribution in [-0.4, -0.2) is 77.3 Å². The zero-order valence-corrected chi connectivity index (χ0v) is 12.2. The van der Waals surface area contributed by atoms with Crippen molar-refractivity contribution in [2.24, 2.45) is 0 Å². The Morgan fingerprint density at radius 2 is 2.09 bits per heavy atom. The van der Waals surface area contributed by atoms with Crippen LogP contribution in [0.3, 0.4) is 0 Å². The first-order valence-electron chi connectivity index (χ1n) is 6.79. The Labute approximate surface area is 126 Å². The first-order chi connectivity index (χ1) is 10.5. The standard InChI is InChI=1S/C12H19N5O5/c1-16-4-17(11-8(20)7(19)5(3-18)22-11)9-6(16)10(21-2)15-12(13)14-9/h5,7-8,11,18-20H,3-4H2,1-2H3,(H2,13,14,15)/t5-,7-,8-,11-/m1/s1. The number of hydrogen-bond donors (Lipinski definition) is 4. The van der Waals surface area contributed by atoms with Gasteiger partial charge in [0.25, 0.3) is 0 Å². The lowest BCUT2D eigenvalue weighted by Crippen LogP contribution is -2.45. The van der Waals surface area contributed by atoms with Crippen molar-refractivity contribution in [3.8, 4) is 5.88 Å². The van der Waals surface area contributed by atoms with Crippen molar-refractivity contribution in [2.45, 2.75) is 24.5 Å². The second-order valence-corrected chi connectivity index (χ2v) is 5.30. The quantitative estimate of drug-likeness (QED) is 0.483. The van der Waals surface area contributed by atoms with Gasteiger partial charge in [0.05, 0.1) is 20.4 Å². The number of aromatic nitrogens is 2. The van der Waals surface area contributed by atoms with E-state index in [1.807, 2.05) is 11.9 Å². The summed E-state index contributed by atoms with van der Waals surface area (Å²) in [6.45, 7) is -0.0447. The van der Waals surface area contributed by atoms with Gasteiger partial charge in [-0.15, -0.1) is 0 Å². The molecule has 0 amide bonds. The van der Waals surface area contributed by atoms with E-state index in [0.717, 1.165) is 0 Å². The van der Waals surface area contributed by atoms with E-state index in [2.05, 4.69) is 9.97 Å². The monoisotopic (exact) mass is 313 g/mol. The van der Waals surface area contributed by atoms with Gasteiger partial charge in [0, 0.05) is 7.05 Å². The molecule has 0 radical (unpaired) electrons. The van der Waals surface area contributed by atoms with Crippen molar-refractivity contribution < 1.29 is 24.8 Å². The van der Waals surface area contributed by atoms with Gasteiger partial charge in [-0.25, -0.2) is 0 Å². The summed E-state index contributed by atoms with van der Waals surface area (Å²) < 4.78 is 10.8. The highest BCUT2D eigenvalue weighted by molar-refractivity contribution is 5.78. The highest BCUT2D eigenvalue weighted by atomic mass is 16.6. The smallest absolute Gasteiger partial charge is 0.244 e. The van der Waals surface area contributed by atoms with Gasteiger partial charge < -0.3 is 40.3 Å². The van der Waals surface area contributed by atoms with E-state index in [0.29, 0.717) is 24.1 Å². The number of hydrogen-bond acceptors (Lipinski definition) is 10. The number of aliphatic hydroxyl groups excluding tert-OH is 3. The zero-order valence-electron chi connectivity index (χ0n) is 12.2. The van der Waals surface area contributed by atoms with Crippen LogP contribution in [0.5, 0.6) is 5.88 Å². The number of rotatable bonds is 3. The average Bonchev–Trinajstić information content (AvgIpc) is 2.97. The molecule has 0 spiro atoms. The average molecular weight is 313 g/mol. The summed E-state index contributed by atoms with van der Waals surface area (Å²) in [6, 6.07) is 0. The predicted molar refractivity (Wildman–Crippen MR) is 76.5 cm³/mol. The molecule has 0 saturated carbocycles. The van der Waals surface area contributed by atoms with Crippen LogP contribution in [0.1, 0.15) is 0 Å². The van der Waals surface area contributed by atoms with Gasteiger partial charge in [-0.05, 0) is 0 Å². The number of methoxy groups -OCH3 is 1.